The zero-order valence-corrected chi connectivity index (χ0v) is 9.94. The van der Waals surface area contributed by atoms with Crippen molar-refractivity contribution in [2.24, 2.45) is 5.92 Å². The molecule has 1 aromatic rings. The molecule has 1 saturated carbocycles. The van der Waals surface area contributed by atoms with Crippen molar-refractivity contribution in [3.05, 3.63) is 22.1 Å². The smallest absolute Gasteiger partial charge is 0.267 e. The molecule has 16 heavy (non-hydrogen) atoms. The third-order valence-electron chi connectivity index (χ3n) is 3.20. The molecule has 0 aromatic carbocycles. The molecule has 0 spiro atoms. The second kappa shape index (κ2) is 4.45. The van der Waals surface area contributed by atoms with Gasteiger partial charge in [-0.05, 0) is 31.6 Å². The van der Waals surface area contributed by atoms with E-state index < -0.39 is 0 Å². The summed E-state index contributed by atoms with van der Waals surface area (Å²) in [5.41, 5.74) is 0.959. The van der Waals surface area contributed by atoms with Crippen molar-refractivity contribution in [1.82, 2.24) is 9.78 Å². The van der Waals surface area contributed by atoms with Gasteiger partial charge in [0.15, 0.2) is 0 Å². The van der Waals surface area contributed by atoms with E-state index in [1.807, 2.05) is 0 Å². The number of H-pyrrole nitrogens is 1. The van der Waals surface area contributed by atoms with Crippen molar-refractivity contribution in [2.75, 3.05) is 0 Å². The number of rotatable bonds is 3. The lowest BCUT2D eigenvalue weighted by atomic mass is 10.1. The Labute approximate surface area is 95.3 Å². The van der Waals surface area contributed by atoms with E-state index in [1.165, 1.54) is 0 Å². The highest BCUT2D eigenvalue weighted by molar-refractivity contribution is 5.02. The van der Waals surface area contributed by atoms with E-state index in [1.54, 1.807) is 10.7 Å². The van der Waals surface area contributed by atoms with E-state index in [2.05, 4.69) is 18.9 Å². The Bertz CT molecular complexity index is 405. The molecular formula is C12H20N2O2. The average Bonchev–Trinajstić information content (AvgIpc) is 2.71. The molecule has 1 aliphatic carbocycles. The lowest BCUT2D eigenvalue weighted by molar-refractivity contribution is 0.128. The molecular weight excluding hydrogens is 204 g/mol. The maximum Gasteiger partial charge on any atom is 0.267 e. The molecule has 2 unspecified atom stereocenters. The van der Waals surface area contributed by atoms with Gasteiger partial charge in [0.25, 0.3) is 5.56 Å². The summed E-state index contributed by atoms with van der Waals surface area (Å²) >= 11 is 0. The highest BCUT2D eigenvalue weighted by atomic mass is 16.3. The number of nitrogens with zero attached hydrogens (tertiary/aromatic N) is 1. The van der Waals surface area contributed by atoms with Gasteiger partial charge in [-0.15, -0.1) is 0 Å². The quantitative estimate of drug-likeness (QED) is 0.816. The second-order valence-electron chi connectivity index (χ2n) is 5.15. The molecule has 0 aliphatic heterocycles. The molecule has 4 nitrogen and oxygen atoms in total. The normalized spacial score (nSPS) is 25.5. The summed E-state index contributed by atoms with van der Waals surface area (Å²) in [4.78, 5) is 11.8. The lowest BCUT2D eigenvalue weighted by Gasteiger charge is -2.15. The molecule has 1 fully saturated rings. The summed E-state index contributed by atoms with van der Waals surface area (Å²) in [5, 5.41) is 12.9. The average molecular weight is 224 g/mol. The van der Waals surface area contributed by atoms with Crippen LogP contribution in [0.25, 0.3) is 0 Å². The van der Waals surface area contributed by atoms with Gasteiger partial charge in [-0.3, -0.25) is 9.89 Å². The number of nitrogens with one attached hydrogen (secondary N) is 1. The molecule has 1 aliphatic rings. The number of hydrogen-bond donors (Lipinski definition) is 2. The van der Waals surface area contributed by atoms with E-state index in [4.69, 9.17) is 0 Å². The highest BCUT2D eigenvalue weighted by Gasteiger charge is 2.28. The number of aromatic nitrogens is 2. The van der Waals surface area contributed by atoms with Crippen LogP contribution in [0.3, 0.4) is 0 Å². The largest absolute Gasteiger partial charge is 0.391 e. The van der Waals surface area contributed by atoms with Crippen molar-refractivity contribution in [3.8, 4) is 0 Å². The number of hydrogen-bond acceptors (Lipinski definition) is 2. The van der Waals surface area contributed by atoms with Crippen LogP contribution in [0.5, 0.6) is 0 Å². The van der Waals surface area contributed by atoms with E-state index >= 15 is 0 Å². The minimum absolute atomic E-state index is 0.0124. The van der Waals surface area contributed by atoms with E-state index in [0.29, 0.717) is 5.92 Å². The first-order chi connectivity index (χ1) is 7.58. The monoisotopic (exact) mass is 224 g/mol. The maximum absolute atomic E-state index is 11.8. The summed E-state index contributed by atoms with van der Waals surface area (Å²) in [6, 6.07) is 1.61. The Morgan fingerprint density at radius 2 is 2.31 bits per heavy atom. The first-order valence-corrected chi connectivity index (χ1v) is 6.06. The van der Waals surface area contributed by atoms with Crippen LogP contribution in [0.15, 0.2) is 10.9 Å². The van der Waals surface area contributed by atoms with Crippen LogP contribution in [-0.2, 0) is 6.42 Å². The van der Waals surface area contributed by atoms with E-state index in [0.717, 1.165) is 31.4 Å². The lowest BCUT2D eigenvalue weighted by Crippen LogP contribution is -2.27. The van der Waals surface area contributed by atoms with Gasteiger partial charge in [-0.2, -0.15) is 0 Å². The van der Waals surface area contributed by atoms with Crippen molar-refractivity contribution >= 4 is 0 Å². The summed E-state index contributed by atoms with van der Waals surface area (Å²) in [6.07, 6.45) is 3.20. The van der Waals surface area contributed by atoms with Gasteiger partial charge in [-0.25, -0.2) is 4.68 Å². The van der Waals surface area contributed by atoms with Crippen LogP contribution in [-0.4, -0.2) is 21.0 Å². The number of aliphatic hydroxyl groups is 1. The minimum Gasteiger partial charge on any atom is -0.391 e. The fourth-order valence-corrected chi connectivity index (χ4v) is 2.47. The van der Waals surface area contributed by atoms with Crippen molar-refractivity contribution in [1.29, 1.82) is 0 Å². The highest BCUT2D eigenvalue weighted by Crippen LogP contribution is 2.28. The molecule has 0 amide bonds. The first kappa shape index (κ1) is 11.5. The Morgan fingerprint density at radius 1 is 1.56 bits per heavy atom. The molecule has 1 heterocycles. The van der Waals surface area contributed by atoms with Gasteiger partial charge in [-0.1, -0.05) is 13.8 Å². The van der Waals surface area contributed by atoms with E-state index in [9.17, 15) is 9.90 Å². The third kappa shape index (κ3) is 2.21. The summed E-state index contributed by atoms with van der Waals surface area (Å²) < 4.78 is 1.61. The third-order valence-corrected chi connectivity index (χ3v) is 3.20. The molecule has 90 valence electrons. The first-order valence-electron chi connectivity index (χ1n) is 6.06. The number of aromatic amines is 1. The summed E-state index contributed by atoms with van der Waals surface area (Å²) in [5.74, 6) is 0.528. The van der Waals surface area contributed by atoms with Crippen molar-refractivity contribution in [2.45, 2.75) is 51.7 Å². The Hall–Kier alpha value is -1.03. The van der Waals surface area contributed by atoms with Crippen LogP contribution in [0.1, 0.15) is 44.8 Å². The molecule has 0 bridgehead atoms. The molecule has 0 radical (unpaired) electrons. The van der Waals surface area contributed by atoms with Crippen LogP contribution < -0.4 is 5.56 Å². The molecule has 4 heteroatoms. The molecule has 2 atom stereocenters. The van der Waals surface area contributed by atoms with Crippen LogP contribution in [0.2, 0.25) is 0 Å². The van der Waals surface area contributed by atoms with Crippen LogP contribution in [0, 0.1) is 5.92 Å². The SMILES string of the molecule is CC(C)Cc1cc(=O)n(C2CCCC2O)[nH]1. The van der Waals surface area contributed by atoms with E-state index in [-0.39, 0.29) is 17.7 Å². The van der Waals surface area contributed by atoms with Gasteiger partial charge in [0.2, 0.25) is 0 Å². The topological polar surface area (TPSA) is 58.0 Å². The standard InChI is InChI=1S/C12H20N2O2/c1-8(2)6-9-7-12(16)14(13-9)10-4-3-5-11(10)15/h7-8,10-11,13,15H,3-6H2,1-2H3. The Balaban J connectivity index is 2.21. The zero-order chi connectivity index (χ0) is 11.7. The Morgan fingerprint density at radius 3 is 2.88 bits per heavy atom. The molecule has 2 N–H and O–H groups in total. The molecule has 0 saturated heterocycles. The van der Waals surface area contributed by atoms with Gasteiger partial charge < -0.3 is 5.11 Å². The summed E-state index contributed by atoms with van der Waals surface area (Å²) in [7, 11) is 0. The minimum atomic E-state index is -0.372. The van der Waals surface area contributed by atoms with Gasteiger partial charge in [0.1, 0.15) is 0 Å². The fourth-order valence-electron chi connectivity index (χ4n) is 2.47. The fraction of sp³-hybridized carbons (Fsp3) is 0.750. The Kier molecular flexibility index (Phi) is 3.19. The zero-order valence-electron chi connectivity index (χ0n) is 9.94. The van der Waals surface area contributed by atoms with Gasteiger partial charge in [0, 0.05) is 11.8 Å². The van der Waals surface area contributed by atoms with Crippen LogP contribution in [0.4, 0.5) is 0 Å². The molecule has 1 aromatic heterocycles. The maximum atomic E-state index is 11.8. The van der Waals surface area contributed by atoms with Gasteiger partial charge >= 0.3 is 0 Å². The molecule has 2 rings (SSSR count). The van der Waals surface area contributed by atoms with Crippen molar-refractivity contribution < 1.29 is 5.11 Å². The predicted molar refractivity (Wildman–Crippen MR) is 62.5 cm³/mol. The summed E-state index contributed by atoms with van der Waals surface area (Å²) in [6.45, 7) is 4.25. The van der Waals surface area contributed by atoms with Crippen molar-refractivity contribution in [3.63, 3.8) is 0 Å². The second-order valence-corrected chi connectivity index (χ2v) is 5.15. The number of aliphatic hydroxyl groups excluding tert-OH is 1. The predicted octanol–water partition coefficient (Wildman–Crippen LogP) is 1.46. The van der Waals surface area contributed by atoms with Gasteiger partial charge in [0.05, 0.1) is 12.1 Å². The van der Waals surface area contributed by atoms with Crippen LogP contribution >= 0.6 is 0 Å².